The topological polar surface area (TPSA) is 104 Å². The normalized spacial score (nSPS) is 26.1. The number of aromatic nitrogens is 1. The second-order valence-corrected chi connectivity index (χ2v) is 9.78. The van der Waals surface area contributed by atoms with Crippen molar-refractivity contribution in [3.63, 3.8) is 0 Å². The first-order valence-electron chi connectivity index (χ1n) is 12.3. The molecule has 0 spiro atoms. The molecule has 8 nitrogen and oxygen atoms in total. The standard InChI is InChI=1S/C26H28F2N4O4/c1-2-16(11-14-9-10-29-23(14)33)30-24(34)22-17-6-3-5-15(17)13-32(22)25(35)20-12-18-19(31-20)7-4-8-21(18)36-26(27)28/h1,4,7-8,12,14-17,22,26,31H,3,5-6,9-11,13H2,(H,29,33)(H,30,34). The molecule has 3 heterocycles. The number of alkyl halides is 2. The molecule has 5 unspecified atom stereocenters. The molecule has 10 heteroatoms. The van der Waals surface area contributed by atoms with Gasteiger partial charge < -0.3 is 25.3 Å². The number of hydrogen-bond donors (Lipinski definition) is 3. The summed E-state index contributed by atoms with van der Waals surface area (Å²) in [6.07, 6.45) is 9.44. The highest BCUT2D eigenvalue weighted by molar-refractivity contribution is 6.02. The Balaban J connectivity index is 1.37. The van der Waals surface area contributed by atoms with Crippen molar-refractivity contribution in [2.75, 3.05) is 13.1 Å². The lowest BCUT2D eigenvalue weighted by Gasteiger charge is -2.28. The van der Waals surface area contributed by atoms with Crippen LogP contribution < -0.4 is 15.4 Å². The van der Waals surface area contributed by atoms with E-state index in [1.807, 2.05) is 0 Å². The molecule has 190 valence electrons. The van der Waals surface area contributed by atoms with E-state index in [-0.39, 0.29) is 46.9 Å². The molecule has 5 rings (SSSR count). The van der Waals surface area contributed by atoms with Crippen LogP contribution in [0.2, 0.25) is 0 Å². The highest BCUT2D eigenvalue weighted by atomic mass is 19.3. The summed E-state index contributed by atoms with van der Waals surface area (Å²) >= 11 is 0. The highest BCUT2D eigenvalue weighted by Gasteiger charge is 2.50. The molecule has 2 saturated heterocycles. The van der Waals surface area contributed by atoms with Gasteiger partial charge in [0.2, 0.25) is 11.8 Å². The number of carbonyl (C=O) groups is 3. The number of benzene rings is 1. The number of ether oxygens (including phenoxy) is 1. The SMILES string of the molecule is C#CC(CC1CCNC1=O)NC(=O)C1C2CCCC2CN1C(=O)c1cc2c(OC(F)F)cccc2[nH]1. The van der Waals surface area contributed by atoms with E-state index in [9.17, 15) is 23.2 Å². The van der Waals surface area contributed by atoms with Gasteiger partial charge in [0.05, 0.1) is 6.04 Å². The van der Waals surface area contributed by atoms with Gasteiger partial charge >= 0.3 is 6.61 Å². The maximum Gasteiger partial charge on any atom is 0.387 e. The van der Waals surface area contributed by atoms with E-state index in [1.54, 1.807) is 17.0 Å². The van der Waals surface area contributed by atoms with Gasteiger partial charge in [0.1, 0.15) is 17.5 Å². The molecule has 1 aromatic heterocycles. The van der Waals surface area contributed by atoms with Crippen molar-refractivity contribution in [1.82, 2.24) is 20.5 Å². The van der Waals surface area contributed by atoms with Crippen LogP contribution in [-0.4, -0.2) is 59.4 Å². The van der Waals surface area contributed by atoms with E-state index in [0.717, 1.165) is 19.3 Å². The van der Waals surface area contributed by atoms with Crippen molar-refractivity contribution in [1.29, 1.82) is 0 Å². The van der Waals surface area contributed by atoms with Gasteiger partial charge in [0.15, 0.2) is 0 Å². The fraction of sp³-hybridized carbons (Fsp3) is 0.500. The summed E-state index contributed by atoms with van der Waals surface area (Å²) in [6, 6.07) is 4.82. The van der Waals surface area contributed by atoms with Crippen molar-refractivity contribution in [2.24, 2.45) is 17.8 Å². The third-order valence-electron chi connectivity index (χ3n) is 7.69. The zero-order valence-electron chi connectivity index (χ0n) is 19.6. The van der Waals surface area contributed by atoms with Crippen LogP contribution in [0.15, 0.2) is 24.3 Å². The van der Waals surface area contributed by atoms with Crippen LogP contribution in [0.1, 0.15) is 42.6 Å². The summed E-state index contributed by atoms with van der Waals surface area (Å²) in [5.41, 5.74) is 0.684. The number of terminal acetylenes is 1. The minimum Gasteiger partial charge on any atom is -0.434 e. The molecular formula is C26H28F2N4O4. The van der Waals surface area contributed by atoms with Crippen molar-refractivity contribution < 1.29 is 27.9 Å². The smallest absolute Gasteiger partial charge is 0.387 e. The third kappa shape index (κ3) is 4.50. The van der Waals surface area contributed by atoms with Crippen molar-refractivity contribution in [2.45, 2.75) is 50.8 Å². The number of aromatic amines is 1. The Morgan fingerprint density at radius 1 is 1.28 bits per heavy atom. The van der Waals surface area contributed by atoms with Crippen molar-refractivity contribution >= 4 is 28.6 Å². The molecule has 3 N–H and O–H groups in total. The molecule has 3 fully saturated rings. The van der Waals surface area contributed by atoms with Crippen LogP contribution in [0.4, 0.5) is 8.78 Å². The van der Waals surface area contributed by atoms with E-state index in [4.69, 9.17) is 6.42 Å². The maximum absolute atomic E-state index is 13.6. The minimum atomic E-state index is -2.99. The number of rotatable bonds is 7. The van der Waals surface area contributed by atoms with Gasteiger partial charge in [-0.2, -0.15) is 8.78 Å². The largest absolute Gasteiger partial charge is 0.434 e. The van der Waals surface area contributed by atoms with Crippen LogP contribution in [0.25, 0.3) is 10.9 Å². The number of nitrogens with one attached hydrogen (secondary N) is 3. The Hall–Kier alpha value is -3.61. The molecule has 2 aromatic rings. The number of nitrogens with zero attached hydrogens (tertiary/aromatic N) is 1. The average Bonchev–Trinajstić information content (AvgIpc) is 3.61. The maximum atomic E-state index is 13.6. The van der Waals surface area contributed by atoms with Crippen LogP contribution in [0, 0.1) is 30.1 Å². The quantitative estimate of drug-likeness (QED) is 0.511. The molecule has 0 radical (unpaired) electrons. The van der Waals surface area contributed by atoms with Crippen LogP contribution in [0.5, 0.6) is 5.75 Å². The van der Waals surface area contributed by atoms with Crippen LogP contribution >= 0.6 is 0 Å². The van der Waals surface area contributed by atoms with Gasteiger partial charge in [-0.1, -0.05) is 18.4 Å². The summed E-state index contributed by atoms with van der Waals surface area (Å²) in [6.45, 7) is -1.96. The highest BCUT2D eigenvalue weighted by Crippen LogP contribution is 2.43. The summed E-state index contributed by atoms with van der Waals surface area (Å²) < 4.78 is 30.2. The van der Waals surface area contributed by atoms with Gasteiger partial charge in [-0.15, -0.1) is 6.42 Å². The first kappa shape index (κ1) is 24.1. The molecule has 1 aliphatic carbocycles. The first-order chi connectivity index (χ1) is 17.4. The van der Waals surface area contributed by atoms with E-state index in [0.29, 0.717) is 36.8 Å². The van der Waals surface area contributed by atoms with E-state index < -0.39 is 18.7 Å². The Morgan fingerprint density at radius 2 is 2.11 bits per heavy atom. The Bertz CT molecular complexity index is 1220. The van der Waals surface area contributed by atoms with Crippen molar-refractivity contribution in [3.05, 3.63) is 30.0 Å². The molecule has 1 saturated carbocycles. The minimum absolute atomic E-state index is 0.0178. The van der Waals surface area contributed by atoms with Crippen LogP contribution in [-0.2, 0) is 9.59 Å². The third-order valence-corrected chi connectivity index (χ3v) is 7.69. The monoisotopic (exact) mass is 498 g/mol. The van der Waals surface area contributed by atoms with Gasteiger partial charge in [-0.25, -0.2) is 0 Å². The summed E-state index contributed by atoms with van der Waals surface area (Å²) in [5, 5.41) is 6.04. The van der Waals surface area contributed by atoms with Crippen molar-refractivity contribution in [3.8, 4) is 18.1 Å². The first-order valence-corrected chi connectivity index (χ1v) is 12.3. The Kier molecular flexibility index (Phi) is 6.56. The van der Waals surface area contributed by atoms with Crippen LogP contribution in [0.3, 0.4) is 0 Å². The second-order valence-electron chi connectivity index (χ2n) is 9.78. The van der Waals surface area contributed by atoms with E-state index in [2.05, 4.69) is 26.3 Å². The molecule has 5 atom stereocenters. The zero-order valence-corrected chi connectivity index (χ0v) is 19.6. The average molecular weight is 499 g/mol. The molecule has 36 heavy (non-hydrogen) atoms. The number of carbonyl (C=O) groups excluding carboxylic acids is 3. The lowest BCUT2D eigenvalue weighted by Crippen LogP contribution is -2.51. The number of halogens is 2. The van der Waals surface area contributed by atoms with Gasteiger partial charge in [-0.05, 0) is 55.7 Å². The lowest BCUT2D eigenvalue weighted by molar-refractivity contribution is -0.127. The molecule has 3 aliphatic rings. The predicted molar refractivity (Wildman–Crippen MR) is 127 cm³/mol. The fourth-order valence-corrected chi connectivity index (χ4v) is 6.03. The Morgan fingerprint density at radius 3 is 2.83 bits per heavy atom. The second kappa shape index (κ2) is 9.80. The number of amides is 3. The van der Waals surface area contributed by atoms with Gasteiger partial charge in [-0.3, -0.25) is 14.4 Å². The zero-order chi connectivity index (χ0) is 25.4. The fourth-order valence-electron chi connectivity index (χ4n) is 6.03. The molecule has 3 amide bonds. The van der Waals surface area contributed by atoms with Gasteiger partial charge in [0, 0.05) is 29.9 Å². The number of likely N-dealkylation sites (tertiary alicyclic amines) is 1. The molecule has 0 bridgehead atoms. The number of hydrogen-bond acceptors (Lipinski definition) is 4. The number of H-pyrrole nitrogens is 1. The van der Waals surface area contributed by atoms with Gasteiger partial charge in [0.25, 0.3) is 5.91 Å². The Labute approximate surface area is 207 Å². The molecular weight excluding hydrogens is 470 g/mol. The van der Waals surface area contributed by atoms with E-state index in [1.165, 1.54) is 12.1 Å². The summed E-state index contributed by atoms with van der Waals surface area (Å²) in [5.74, 6) is 1.76. The lowest BCUT2D eigenvalue weighted by atomic mass is 9.92. The predicted octanol–water partition coefficient (Wildman–Crippen LogP) is 2.65. The summed E-state index contributed by atoms with van der Waals surface area (Å²) in [7, 11) is 0. The molecule has 2 aliphatic heterocycles. The van der Waals surface area contributed by atoms with E-state index >= 15 is 0 Å². The summed E-state index contributed by atoms with van der Waals surface area (Å²) in [4.78, 5) is 43.6. The molecule has 1 aromatic carbocycles. The number of fused-ring (bicyclic) bond motifs is 2.